The summed E-state index contributed by atoms with van der Waals surface area (Å²) in [4.78, 5) is 10.5. The number of benzene rings is 9. The molecule has 0 saturated heterocycles. The number of rotatable bonds is 5. The summed E-state index contributed by atoms with van der Waals surface area (Å²) in [5, 5.41) is 6.77. The van der Waals surface area contributed by atoms with E-state index in [0.717, 1.165) is 82.3 Å². The minimum absolute atomic E-state index is 0.0208. The molecule has 0 N–H and O–H groups in total. The highest BCUT2D eigenvalue weighted by Gasteiger charge is 2.23. The maximum Gasteiger partial charge on any atom is 0.231 e. The molecule has 0 radical (unpaired) electrons. The fourth-order valence-electron chi connectivity index (χ4n) is 9.61. The number of aromatic nitrogens is 3. The molecule has 0 aliphatic heterocycles. The third-order valence-electron chi connectivity index (χ3n) is 12.6. The molecule has 9 aromatic carbocycles. The van der Waals surface area contributed by atoms with Crippen LogP contribution in [0.5, 0.6) is 0 Å². The van der Waals surface area contributed by atoms with Gasteiger partial charge >= 0.3 is 0 Å². The molecule has 0 bridgehead atoms. The van der Waals surface area contributed by atoms with Gasteiger partial charge in [-0.3, -0.25) is 0 Å². The van der Waals surface area contributed by atoms with Crippen LogP contribution in [-0.4, -0.2) is 14.5 Å². The lowest BCUT2D eigenvalue weighted by Gasteiger charge is -2.09. The van der Waals surface area contributed by atoms with Crippen LogP contribution in [0.2, 0.25) is 0 Å². The molecule has 14 rings (SSSR count). The van der Waals surface area contributed by atoms with Crippen molar-refractivity contribution in [3.05, 3.63) is 200 Å². The van der Waals surface area contributed by atoms with E-state index in [2.05, 4.69) is 42.5 Å². The van der Waals surface area contributed by atoms with Gasteiger partial charge in [0, 0.05) is 54.5 Å². The second-order valence-corrected chi connectivity index (χ2v) is 16.2. The molecule has 0 saturated carbocycles. The van der Waals surface area contributed by atoms with Gasteiger partial charge in [0.25, 0.3) is 0 Å². The van der Waals surface area contributed by atoms with Crippen LogP contribution in [0.1, 0.15) is 4.11 Å². The van der Waals surface area contributed by atoms with E-state index in [0.29, 0.717) is 56.0 Å². The molecule has 5 heterocycles. The Kier molecular flexibility index (Phi) is 6.70. The normalized spacial score (nSPS) is 12.7. The Bertz CT molecular complexity index is 4380. The topological polar surface area (TPSA) is 70.1 Å². The Labute approximate surface area is 369 Å². The van der Waals surface area contributed by atoms with Crippen LogP contribution in [0.15, 0.2) is 213 Å². The van der Waals surface area contributed by atoms with Gasteiger partial charge in [-0.05, 0) is 101 Å². The largest absolute Gasteiger partial charge is 0.456 e. The summed E-state index contributed by atoms with van der Waals surface area (Å²) in [7, 11) is 0. The third kappa shape index (κ3) is 5.20. The SMILES string of the molecule is [2H]c1c(-c2ccc3oc4cccc(-c5nc(-c6ccc7c(c6)oc6ccccc67)nc6oc7ccc(-c8ccccc8)cc7c56)c4c3c2)c([2H])c2c3ccccc3n(-c3ccccc3)c2c1[2H]. The molecule has 0 aliphatic carbocycles. The first kappa shape index (κ1) is 32.0. The van der Waals surface area contributed by atoms with E-state index in [9.17, 15) is 4.11 Å². The van der Waals surface area contributed by atoms with Crippen molar-refractivity contribution >= 4 is 87.8 Å². The molecule has 0 unspecified atom stereocenters. The second kappa shape index (κ2) is 13.4. The lowest BCUT2D eigenvalue weighted by atomic mass is 9.96. The van der Waals surface area contributed by atoms with Crippen molar-refractivity contribution < 1.29 is 17.4 Å². The van der Waals surface area contributed by atoms with Crippen molar-refractivity contribution in [3.8, 4) is 50.6 Å². The fourth-order valence-corrected chi connectivity index (χ4v) is 9.61. The first-order valence-electron chi connectivity index (χ1n) is 22.7. The number of fused-ring (bicyclic) bond motifs is 12. The van der Waals surface area contributed by atoms with Gasteiger partial charge in [0.1, 0.15) is 27.9 Å². The van der Waals surface area contributed by atoms with Crippen LogP contribution in [0, 0.1) is 0 Å². The quantitative estimate of drug-likeness (QED) is 0.173. The van der Waals surface area contributed by atoms with Gasteiger partial charge in [-0.1, -0.05) is 121 Å². The first-order chi connectivity index (χ1) is 33.0. The van der Waals surface area contributed by atoms with E-state index in [1.807, 2.05) is 144 Å². The number of hydrogen-bond donors (Lipinski definition) is 0. The van der Waals surface area contributed by atoms with Crippen molar-refractivity contribution in [2.75, 3.05) is 0 Å². The second-order valence-electron chi connectivity index (χ2n) is 16.2. The zero-order chi connectivity index (χ0) is 44.5. The molecule has 0 fully saturated rings. The summed E-state index contributed by atoms with van der Waals surface area (Å²) in [5.74, 6) is 0.473. The lowest BCUT2D eigenvalue weighted by Crippen LogP contribution is -1.94. The number of hydrogen-bond acceptors (Lipinski definition) is 5. The van der Waals surface area contributed by atoms with E-state index >= 15 is 0 Å². The minimum atomic E-state index is -0.0208. The predicted octanol–water partition coefficient (Wildman–Crippen LogP) is 15.9. The Morgan fingerprint density at radius 2 is 1.05 bits per heavy atom. The highest BCUT2D eigenvalue weighted by molar-refractivity contribution is 6.19. The lowest BCUT2D eigenvalue weighted by molar-refractivity contribution is 0.653. The first-order valence-corrected chi connectivity index (χ1v) is 21.2. The molecule has 0 amide bonds. The van der Waals surface area contributed by atoms with E-state index in [-0.39, 0.29) is 18.1 Å². The Morgan fingerprint density at radius 1 is 0.391 bits per heavy atom. The van der Waals surface area contributed by atoms with E-state index in [1.54, 1.807) is 0 Å². The summed E-state index contributed by atoms with van der Waals surface area (Å²) in [6.45, 7) is 0. The molecular weight excluding hydrogens is 787 g/mol. The average Bonchev–Trinajstić information content (AvgIpc) is 4.14. The molecule has 14 aromatic rings. The molecule has 298 valence electrons. The summed E-state index contributed by atoms with van der Waals surface area (Å²) in [6, 6.07) is 60.3. The molecular formula is C58H33N3O3. The Balaban J connectivity index is 1.02. The Morgan fingerprint density at radius 3 is 1.91 bits per heavy atom. The molecule has 0 atom stereocenters. The summed E-state index contributed by atoms with van der Waals surface area (Å²) in [6.07, 6.45) is 0. The van der Waals surface area contributed by atoms with Crippen LogP contribution in [0.3, 0.4) is 0 Å². The van der Waals surface area contributed by atoms with E-state index < -0.39 is 0 Å². The number of nitrogens with zero attached hydrogens (tertiary/aromatic N) is 3. The molecule has 5 aromatic heterocycles. The van der Waals surface area contributed by atoms with Crippen LogP contribution in [0.4, 0.5) is 0 Å². The third-order valence-corrected chi connectivity index (χ3v) is 12.6. The van der Waals surface area contributed by atoms with Gasteiger partial charge in [0.15, 0.2) is 5.82 Å². The summed E-state index contributed by atoms with van der Waals surface area (Å²) < 4.78 is 50.5. The summed E-state index contributed by atoms with van der Waals surface area (Å²) in [5.41, 5.74) is 11.6. The van der Waals surface area contributed by atoms with Gasteiger partial charge in [-0.25, -0.2) is 4.98 Å². The van der Waals surface area contributed by atoms with Crippen molar-refractivity contribution in [1.82, 2.24) is 14.5 Å². The number of para-hydroxylation sites is 3. The molecule has 64 heavy (non-hydrogen) atoms. The van der Waals surface area contributed by atoms with Crippen LogP contribution in [0.25, 0.3) is 138 Å². The zero-order valence-corrected chi connectivity index (χ0v) is 33.9. The van der Waals surface area contributed by atoms with Gasteiger partial charge < -0.3 is 17.8 Å². The Hall–Kier alpha value is -8.74. The molecule has 6 nitrogen and oxygen atoms in total. The van der Waals surface area contributed by atoms with E-state index in [4.69, 9.17) is 23.2 Å². The highest BCUT2D eigenvalue weighted by atomic mass is 16.3. The van der Waals surface area contributed by atoms with Crippen LogP contribution < -0.4 is 0 Å². The highest BCUT2D eigenvalue weighted by Crippen LogP contribution is 2.44. The zero-order valence-electron chi connectivity index (χ0n) is 36.9. The fraction of sp³-hybridized carbons (Fsp3) is 0. The molecule has 0 spiro atoms. The minimum Gasteiger partial charge on any atom is -0.456 e. The van der Waals surface area contributed by atoms with Crippen molar-refractivity contribution in [2.45, 2.75) is 0 Å². The van der Waals surface area contributed by atoms with Crippen LogP contribution >= 0.6 is 0 Å². The predicted molar refractivity (Wildman–Crippen MR) is 260 cm³/mol. The maximum absolute atomic E-state index is 9.82. The molecule has 6 heteroatoms. The summed E-state index contributed by atoms with van der Waals surface area (Å²) >= 11 is 0. The number of furan rings is 3. The smallest absolute Gasteiger partial charge is 0.231 e. The van der Waals surface area contributed by atoms with Gasteiger partial charge in [-0.2, -0.15) is 4.98 Å². The van der Waals surface area contributed by atoms with Crippen LogP contribution in [-0.2, 0) is 0 Å². The standard InChI is InChI=1S/C58H33N3O3/c1-3-12-34(13-4-1)35-24-29-51-46(31-35)55-56(59-57(60-58(55)64-51)38-22-26-42-41-17-8-10-20-49(41)63-53(42)33-38)43-18-11-21-52-54(43)45-32-37(25-28-50(45)62-52)36-23-27-48-44(30-36)40-16-7-9-19-47(40)61(48)39-14-5-2-6-15-39/h1-33H/i23D,27D,30D. The van der Waals surface area contributed by atoms with Crippen molar-refractivity contribution in [1.29, 1.82) is 0 Å². The van der Waals surface area contributed by atoms with Crippen molar-refractivity contribution in [2.24, 2.45) is 0 Å². The van der Waals surface area contributed by atoms with Crippen molar-refractivity contribution in [3.63, 3.8) is 0 Å². The maximum atomic E-state index is 9.82. The van der Waals surface area contributed by atoms with Gasteiger partial charge in [0.05, 0.1) is 26.2 Å². The average molecular weight is 823 g/mol. The van der Waals surface area contributed by atoms with Gasteiger partial charge in [-0.15, -0.1) is 0 Å². The van der Waals surface area contributed by atoms with Gasteiger partial charge in [0.2, 0.25) is 5.71 Å². The monoisotopic (exact) mass is 822 g/mol. The van der Waals surface area contributed by atoms with E-state index in [1.165, 1.54) is 0 Å². The molecule has 0 aliphatic rings.